The monoisotopic (exact) mass is 1360 g/mol. The molecule has 1 heterocycles. The fraction of sp³-hybridized carbons (Fsp3) is 0.507. The number of aromatic amines is 1. The first-order valence-corrected chi connectivity index (χ1v) is 34.3. The molecular formula is C73H103N11O14. The van der Waals surface area contributed by atoms with Gasteiger partial charge in [-0.2, -0.15) is 0 Å². The van der Waals surface area contributed by atoms with Crippen LogP contribution < -0.4 is 53.6 Å². The molecule has 1 aromatic heterocycles. The van der Waals surface area contributed by atoms with E-state index in [1.807, 2.05) is 13.8 Å². The molecule has 0 bridgehead atoms. The number of unbranched alkanes of at least 4 members (excludes halogenated alkanes) is 11. The number of phenols is 3. The van der Waals surface area contributed by atoms with E-state index < -0.39 is 120 Å². The van der Waals surface area contributed by atoms with E-state index in [1.165, 1.54) is 113 Å². The molecule has 0 aliphatic carbocycles. The number of H-pyrrole nitrogens is 1. The highest BCUT2D eigenvalue weighted by Crippen LogP contribution is 2.22. The average Bonchev–Trinajstić information content (AvgIpc) is 1.48. The van der Waals surface area contributed by atoms with Crippen molar-refractivity contribution in [1.29, 1.82) is 0 Å². The molecule has 0 aliphatic heterocycles. The molecule has 25 nitrogen and oxygen atoms in total. The van der Waals surface area contributed by atoms with Crippen molar-refractivity contribution >= 4 is 70.0 Å². The fourth-order valence-corrected chi connectivity index (χ4v) is 11.4. The molecule has 8 atom stereocenters. The Morgan fingerprint density at radius 2 is 0.765 bits per heavy atom. The molecule has 25 heteroatoms. The lowest BCUT2D eigenvalue weighted by Gasteiger charge is -2.28. The van der Waals surface area contributed by atoms with Crippen LogP contribution in [0.1, 0.15) is 160 Å². The zero-order valence-corrected chi connectivity index (χ0v) is 57.4. The fourth-order valence-electron chi connectivity index (χ4n) is 11.4. The third-order valence-electron chi connectivity index (χ3n) is 16.7. The molecule has 0 saturated heterocycles. The van der Waals surface area contributed by atoms with Gasteiger partial charge in [0.25, 0.3) is 0 Å². The Bertz CT molecular complexity index is 3380. The number of primary amides is 1. The second-order valence-electron chi connectivity index (χ2n) is 26.1. The average molecular weight is 1360 g/mol. The van der Waals surface area contributed by atoms with Gasteiger partial charge in [-0.1, -0.05) is 160 Å². The molecule has 0 spiro atoms. The van der Waals surface area contributed by atoms with Crippen molar-refractivity contribution in [3.8, 4) is 17.2 Å². The second kappa shape index (κ2) is 41.6. The van der Waals surface area contributed by atoms with Gasteiger partial charge >= 0.3 is 0 Å². The molecule has 16 N–H and O–H groups in total. The molecule has 0 aliphatic rings. The van der Waals surface area contributed by atoms with Crippen LogP contribution in [0.4, 0.5) is 0 Å². The largest absolute Gasteiger partial charge is 0.508 e. The van der Waals surface area contributed by atoms with E-state index in [-0.39, 0.29) is 74.2 Å². The number of para-hydroxylation sites is 1. The molecule has 0 radical (unpaired) electrons. The van der Waals surface area contributed by atoms with Crippen LogP contribution in [0.2, 0.25) is 0 Å². The molecule has 0 fully saturated rings. The van der Waals surface area contributed by atoms with Crippen LogP contribution in [0.3, 0.4) is 0 Å². The van der Waals surface area contributed by atoms with Gasteiger partial charge < -0.3 is 79.0 Å². The minimum Gasteiger partial charge on any atom is -0.508 e. The number of aliphatic hydroxyl groups excluding tert-OH is 1. The minimum atomic E-state index is -1.80. The van der Waals surface area contributed by atoms with Crippen molar-refractivity contribution < 1.29 is 68.4 Å². The van der Waals surface area contributed by atoms with Gasteiger partial charge in [-0.15, -0.1) is 0 Å². The normalized spacial score (nSPS) is 13.7. The van der Waals surface area contributed by atoms with Crippen molar-refractivity contribution in [3.05, 3.63) is 126 Å². The van der Waals surface area contributed by atoms with E-state index in [1.54, 1.807) is 56.4 Å². The topological polar surface area (TPSA) is 402 Å². The van der Waals surface area contributed by atoms with Gasteiger partial charge in [0.1, 0.15) is 65.6 Å². The number of amides is 10. The molecule has 10 amide bonds. The van der Waals surface area contributed by atoms with Crippen molar-refractivity contribution in [1.82, 2.24) is 52.8 Å². The first-order valence-electron chi connectivity index (χ1n) is 34.3. The number of aromatic nitrogens is 1. The van der Waals surface area contributed by atoms with E-state index in [0.717, 1.165) is 25.7 Å². The summed E-state index contributed by atoms with van der Waals surface area (Å²) in [5, 5.41) is 66.0. The van der Waals surface area contributed by atoms with Crippen LogP contribution in [0.15, 0.2) is 103 Å². The Labute approximate surface area is 574 Å². The van der Waals surface area contributed by atoms with Crippen LogP contribution in [0.25, 0.3) is 10.9 Å². The summed E-state index contributed by atoms with van der Waals surface area (Å²) < 4.78 is 0. The highest BCUT2D eigenvalue weighted by Gasteiger charge is 2.36. The summed E-state index contributed by atoms with van der Waals surface area (Å²) in [6, 6.07) is 12.9. The minimum absolute atomic E-state index is 0.0248. The SMILES string of the molecule is CCCCCCCCCCCCCCNC(=O)[C@H](CC(N)=O)NC(=O)[C@H](Cc1ccc(O)cc1)NC(=O)[C@H](CC(C)C)NC(=O)[C@H](Cc1ccc(O)cc1)NC(=O)[C@H](CO)NC(=O)[C@H](Cc1c[nH]c2ccccc12)NC(=O)[C@H](Cc1ccc(O)cc1)NC(=O)[C@H](CC(C)C)NC(C)=O. The summed E-state index contributed by atoms with van der Waals surface area (Å²) in [6.07, 6.45) is 13.9. The Kier molecular flexibility index (Phi) is 33.6. The number of benzene rings is 4. The summed E-state index contributed by atoms with van der Waals surface area (Å²) in [7, 11) is 0. The summed E-state index contributed by atoms with van der Waals surface area (Å²) >= 11 is 0. The second-order valence-corrected chi connectivity index (χ2v) is 26.1. The van der Waals surface area contributed by atoms with Crippen LogP contribution in [-0.2, 0) is 73.6 Å². The Hall–Kier alpha value is -9.52. The maximum absolute atomic E-state index is 14.8. The highest BCUT2D eigenvalue weighted by atomic mass is 16.3. The van der Waals surface area contributed by atoms with Gasteiger partial charge in [-0.25, -0.2) is 0 Å². The zero-order chi connectivity index (χ0) is 71.7. The first kappa shape index (κ1) is 79.2. The van der Waals surface area contributed by atoms with E-state index in [4.69, 9.17) is 5.73 Å². The maximum atomic E-state index is 14.8. The molecular weight excluding hydrogens is 1250 g/mol. The standard InChI is InChI=1S/C73H103N11O14/c1-7-8-9-10-11-12-13-14-15-16-17-20-35-75-66(91)63(42-65(74)90)83-71(96)60(39-49-25-31-53(88)32-26-49)80-68(93)58(37-46(4)5)78-69(94)61(40-50-27-33-54(89)34-28-50)81-73(98)64(44-85)84-72(97)62(41-51-43-76-56-22-19-18-21-55(51)56)82-70(95)59(38-48-23-29-52(87)30-24-48)79-67(92)57(36-45(2)3)77-47(6)86/h18-19,21-34,43,45-46,57-64,76,85,87-89H,7-17,20,35-42,44H2,1-6H3,(H2,74,90)(H,75,91)(H,77,86)(H,78,94)(H,79,92)(H,80,93)(H,81,98)(H,82,95)(H,83,96)(H,84,97)/t57-,58-,59-,60-,61-,62-,63-,64-/m0/s1. The number of carbonyl (C=O) groups is 10. The Balaban J connectivity index is 1.38. The smallest absolute Gasteiger partial charge is 0.245 e. The summed E-state index contributed by atoms with van der Waals surface area (Å²) in [5.41, 5.74) is 8.23. The van der Waals surface area contributed by atoms with Crippen molar-refractivity contribution in [2.75, 3.05) is 13.2 Å². The van der Waals surface area contributed by atoms with Crippen LogP contribution in [-0.4, -0.2) is 146 Å². The molecule has 4 aromatic carbocycles. The molecule has 534 valence electrons. The summed E-state index contributed by atoms with van der Waals surface area (Å²) in [4.78, 5) is 143. The van der Waals surface area contributed by atoms with E-state index >= 15 is 0 Å². The Morgan fingerprint density at radius 1 is 0.418 bits per heavy atom. The number of rotatable bonds is 44. The highest BCUT2D eigenvalue weighted by molar-refractivity contribution is 5.99. The lowest BCUT2D eigenvalue weighted by molar-refractivity contribution is -0.136. The molecule has 0 unspecified atom stereocenters. The molecule has 98 heavy (non-hydrogen) atoms. The maximum Gasteiger partial charge on any atom is 0.245 e. The number of nitrogens with one attached hydrogen (secondary N) is 10. The number of aliphatic hydroxyl groups is 1. The third kappa shape index (κ3) is 28.3. The van der Waals surface area contributed by atoms with Crippen LogP contribution in [0, 0.1) is 11.8 Å². The van der Waals surface area contributed by atoms with Crippen LogP contribution in [0.5, 0.6) is 17.2 Å². The van der Waals surface area contributed by atoms with Gasteiger partial charge in [-0.3, -0.25) is 47.9 Å². The van der Waals surface area contributed by atoms with Crippen LogP contribution >= 0.6 is 0 Å². The first-order chi connectivity index (χ1) is 46.8. The van der Waals surface area contributed by atoms with Gasteiger partial charge in [0.2, 0.25) is 59.1 Å². The molecule has 0 saturated carbocycles. The van der Waals surface area contributed by atoms with Crippen molar-refractivity contribution in [2.24, 2.45) is 17.6 Å². The predicted octanol–water partition coefficient (Wildman–Crippen LogP) is 5.23. The number of phenolic OH excluding ortho intramolecular Hbond substituents is 3. The van der Waals surface area contributed by atoms with E-state index in [0.29, 0.717) is 39.6 Å². The Morgan fingerprint density at radius 3 is 1.16 bits per heavy atom. The summed E-state index contributed by atoms with van der Waals surface area (Å²) in [6.45, 7) is 9.96. The van der Waals surface area contributed by atoms with Crippen molar-refractivity contribution in [3.63, 3.8) is 0 Å². The van der Waals surface area contributed by atoms with Gasteiger partial charge in [0.05, 0.1) is 13.0 Å². The van der Waals surface area contributed by atoms with Gasteiger partial charge in [-0.05, 0) is 95.8 Å². The number of aromatic hydroxyl groups is 3. The quantitative estimate of drug-likeness (QED) is 0.0222. The number of hydrogen-bond donors (Lipinski definition) is 15. The molecule has 5 aromatic rings. The van der Waals surface area contributed by atoms with Crippen molar-refractivity contribution in [2.45, 2.75) is 212 Å². The number of nitrogens with two attached hydrogens (primary N) is 1. The summed E-state index contributed by atoms with van der Waals surface area (Å²) in [5.74, 6) is -8.86. The predicted molar refractivity (Wildman–Crippen MR) is 372 cm³/mol. The third-order valence-corrected chi connectivity index (χ3v) is 16.7. The number of hydrogen-bond acceptors (Lipinski definition) is 14. The van der Waals surface area contributed by atoms with E-state index in [9.17, 15) is 68.4 Å². The lowest BCUT2D eigenvalue weighted by atomic mass is 9.99. The van der Waals surface area contributed by atoms with Gasteiger partial charge in [0, 0.05) is 56.3 Å². The number of carbonyl (C=O) groups excluding carboxylic acids is 10. The zero-order valence-electron chi connectivity index (χ0n) is 57.4. The van der Waals surface area contributed by atoms with Gasteiger partial charge in [0.15, 0.2) is 0 Å². The van der Waals surface area contributed by atoms with E-state index in [2.05, 4.69) is 59.8 Å². The lowest BCUT2D eigenvalue weighted by Crippen LogP contribution is -2.61. The number of fused-ring (bicyclic) bond motifs is 1. The molecule has 5 rings (SSSR count).